The van der Waals surface area contributed by atoms with Crippen LogP contribution in [0.2, 0.25) is 0 Å². The molecule has 1 unspecified atom stereocenters. The van der Waals surface area contributed by atoms with Crippen molar-refractivity contribution < 1.29 is 16.8 Å². The van der Waals surface area contributed by atoms with E-state index in [1.54, 1.807) is 0 Å². The standard InChI is InChI=1S/C8H16N2O4S2/c1-10(7-4-9-5-7)16(13,14)8-2-3-15(11,12)6-8/h7-9H,2-6H2,1H3. The molecule has 2 rings (SSSR count). The van der Waals surface area contributed by atoms with Crippen LogP contribution in [0.5, 0.6) is 0 Å². The second-order valence-corrected chi connectivity index (χ2v) is 8.90. The van der Waals surface area contributed by atoms with E-state index in [2.05, 4.69) is 5.32 Å². The highest BCUT2D eigenvalue weighted by molar-refractivity contribution is 7.95. The van der Waals surface area contributed by atoms with Crippen LogP contribution >= 0.6 is 0 Å². The quantitative estimate of drug-likeness (QED) is 0.667. The minimum Gasteiger partial charge on any atom is -0.313 e. The van der Waals surface area contributed by atoms with Gasteiger partial charge in [0.25, 0.3) is 0 Å². The van der Waals surface area contributed by atoms with E-state index < -0.39 is 25.1 Å². The minimum atomic E-state index is -3.46. The van der Waals surface area contributed by atoms with Crippen LogP contribution in [0, 0.1) is 0 Å². The van der Waals surface area contributed by atoms with E-state index in [1.807, 2.05) is 0 Å². The molecule has 2 aliphatic heterocycles. The van der Waals surface area contributed by atoms with Crippen LogP contribution in [-0.2, 0) is 19.9 Å². The maximum Gasteiger partial charge on any atom is 0.218 e. The Labute approximate surface area is 96.0 Å². The summed E-state index contributed by atoms with van der Waals surface area (Å²) in [5.74, 6) is -0.229. The smallest absolute Gasteiger partial charge is 0.218 e. The third-order valence-electron chi connectivity index (χ3n) is 3.29. The van der Waals surface area contributed by atoms with Gasteiger partial charge in [-0.3, -0.25) is 0 Å². The molecule has 0 saturated carbocycles. The molecule has 0 spiro atoms. The highest BCUT2D eigenvalue weighted by Crippen LogP contribution is 2.23. The number of nitrogens with one attached hydrogen (secondary N) is 1. The summed E-state index contributed by atoms with van der Waals surface area (Å²) >= 11 is 0. The normalized spacial score (nSPS) is 30.5. The molecule has 6 nitrogen and oxygen atoms in total. The molecule has 16 heavy (non-hydrogen) atoms. The molecule has 0 radical (unpaired) electrons. The number of likely N-dealkylation sites (N-methyl/N-ethyl adjacent to an activating group) is 1. The Bertz CT molecular complexity index is 466. The lowest BCUT2D eigenvalue weighted by molar-refractivity contribution is 0.272. The maximum atomic E-state index is 12.1. The summed E-state index contributed by atoms with van der Waals surface area (Å²) < 4.78 is 48.0. The Morgan fingerprint density at radius 2 is 1.94 bits per heavy atom. The molecule has 1 atom stereocenters. The van der Waals surface area contributed by atoms with Crippen LogP contribution in [-0.4, -0.2) is 64.1 Å². The molecule has 94 valence electrons. The predicted molar refractivity (Wildman–Crippen MR) is 60.4 cm³/mol. The molecule has 0 aromatic rings. The summed E-state index contributed by atoms with van der Waals surface area (Å²) in [6.45, 7) is 1.30. The average Bonchev–Trinajstić information content (AvgIpc) is 2.43. The highest BCUT2D eigenvalue weighted by atomic mass is 32.2. The largest absolute Gasteiger partial charge is 0.313 e. The van der Waals surface area contributed by atoms with Gasteiger partial charge in [0.1, 0.15) is 0 Å². The third kappa shape index (κ3) is 2.11. The van der Waals surface area contributed by atoms with Crippen molar-refractivity contribution in [2.24, 2.45) is 0 Å². The fourth-order valence-electron chi connectivity index (χ4n) is 1.97. The minimum absolute atomic E-state index is 0.00630. The molecule has 0 aromatic heterocycles. The van der Waals surface area contributed by atoms with Crippen molar-refractivity contribution in [1.29, 1.82) is 0 Å². The first-order valence-corrected chi connectivity index (χ1v) is 8.53. The van der Waals surface area contributed by atoms with Gasteiger partial charge in [-0.15, -0.1) is 0 Å². The first-order chi connectivity index (χ1) is 7.33. The Morgan fingerprint density at radius 1 is 1.31 bits per heavy atom. The third-order valence-corrected chi connectivity index (χ3v) is 7.61. The van der Waals surface area contributed by atoms with E-state index in [4.69, 9.17) is 0 Å². The van der Waals surface area contributed by atoms with E-state index >= 15 is 0 Å². The number of rotatable bonds is 3. The van der Waals surface area contributed by atoms with E-state index in [0.717, 1.165) is 0 Å². The Balaban J connectivity index is 2.13. The molecule has 8 heteroatoms. The van der Waals surface area contributed by atoms with Gasteiger partial charge in [0, 0.05) is 26.2 Å². The van der Waals surface area contributed by atoms with Gasteiger partial charge < -0.3 is 5.32 Å². The summed E-state index contributed by atoms with van der Waals surface area (Å²) in [5, 5.41) is 2.25. The van der Waals surface area contributed by atoms with Crippen LogP contribution in [0.3, 0.4) is 0 Å². The van der Waals surface area contributed by atoms with Gasteiger partial charge >= 0.3 is 0 Å². The molecule has 0 aliphatic carbocycles. The van der Waals surface area contributed by atoms with Crippen LogP contribution in [0.1, 0.15) is 6.42 Å². The van der Waals surface area contributed by atoms with Gasteiger partial charge in [-0.25, -0.2) is 16.8 Å². The Hall–Kier alpha value is -0.180. The van der Waals surface area contributed by atoms with Gasteiger partial charge in [0.15, 0.2) is 9.84 Å². The zero-order valence-electron chi connectivity index (χ0n) is 9.09. The van der Waals surface area contributed by atoms with Gasteiger partial charge in [-0.05, 0) is 6.42 Å². The lowest BCUT2D eigenvalue weighted by atomic mass is 10.2. The fraction of sp³-hybridized carbons (Fsp3) is 1.00. The number of sulfone groups is 1. The van der Waals surface area contributed by atoms with Crippen LogP contribution < -0.4 is 5.32 Å². The van der Waals surface area contributed by atoms with E-state index in [0.29, 0.717) is 13.1 Å². The summed E-state index contributed by atoms with van der Waals surface area (Å²) in [4.78, 5) is 0. The SMILES string of the molecule is CN(C1CNC1)S(=O)(=O)C1CCS(=O)(=O)C1. The Morgan fingerprint density at radius 3 is 2.31 bits per heavy atom. The second kappa shape index (κ2) is 3.94. The van der Waals surface area contributed by atoms with Crippen LogP contribution in [0.4, 0.5) is 0 Å². The molecule has 0 amide bonds. The molecule has 2 saturated heterocycles. The lowest BCUT2D eigenvalue weighted by Crippen LogP contribution is -2.58. The van der Waals surface area contributed by atoms with Crippen molar-refractivity contribution in [2.45, 2.75) is 17.7 Å². The van der Waals surface area contributed by atoms with Gasteiger partial charge in [-0.1, -0.05) is 0 Å². The topological polar surface area (TPSA) is 83.6 Å². The maximum absolute atomic E-state index is 12.1. The van der Waals surface area contributed by atoms with Crippen molar-refractivity contribution in [3.8, 4) is 0 Å². The summed E-state index contributed by atoms with van der Waals surface area (Å²) in [6.07, 6.45) is 0.231. The summed E-state index contributed by atoms with van der Waals surface area (Å²) in [7, 11) is -5.07. The van der Waals surface area contributed by atoms with E-state index in [1.165, 1.54) is 11.4 Å². The molecule has 2 fully saturated rings. The molecular formula is C8H16N2O4S2. The number of hydrogen-bond acceptors (Lipinski definition) is 5. The van der Waals surface area contributed by atoms with Crippen molar-refractivity contribution in [2.75, 3.05) is 31.6 Å². The molecular weight excluding hydrogens is 252 g/mol. The first kappa shape index (κ1) is 12.3. The molecule has 0 bridgehead atoms. The number of nitrogens with zero attached hydrogens (tertiary/aromatic N) is 1. The van der Waals surface area contributed by atoms with Crippen LogP contribution in [0.25, 0.3) is 0 Å². The van der Waals surface area contributed by atoms with Crippen molar-refractivity contribution in [1.82, 2.24) is 9.62 Å². The van der Waals surface area contributed by atoms with Gasteiger partial charge in [-0.2, -0.15) is 4.31 Å². The first-order valence-electron chi connectivity index (χ1n) is 5.21. The van der Waals surface area contributed by atoms with Crippen molar-refractivity contribution >= 4 is 19.9 Å². The van der Waals surface area contributed by atoms with Crippen molar-refractivity contribution in [3.05, 3.63) is 0 Å². The Kier molecular flexibility index (Phi) is 3.02. The van der Waals surface area contributed by atoms with E-state index in [-0.39, 0.29) is 24.0 Å². The molecule has 0 aromatic carbocycles. The molecule has 1 N–H and O–H groups in total. The van der Waals surface area contributed by atoms with E-state index in [9.17, 15) is 16.8 Å². The molecule has 2 heterocycles. The van der Waals surface area contributed by atoms with Crippen LogP contribution in [0.15, 0.2) is 0 Å². The summed E-state index contributed by atoms with van der Waals surface area (Å²) in [5.41, 5.74) is 0. The monoisotopic (exact) mass is 268 g/mol. The molecule has 2 aliphatic rings. The second-order valence-electron chi connectivity index (χ2n) is 4.40. The zero-order valence-corrected chi connectivity index (χ0v) is 10.7. The predicted octanol–water partition coefficient (Wildman–Crippen LogP) is -1.59. The average molecular weight is 268 g/mol. The summed E-state index contributed by atoms with van der Waals surface area (Å²) in [6, 6.07) is -0.0201. The van der Waals surface area contributed by atoms with Gasteiger partial charge in [0.2, 0.25) is 10.0 Å². The zero-order chi connectivity index (χ0) is 12.0. The number of sulfonamides is 1. The fourth-order valence-corrected chi connectivity index (χ4v) is 6.42. The van der Waals surface area contributed by atoms with Crippen molar-refractivity contribution in [3.63, 3.8) is 0 Å². The lowest BCUT2D eigenvalue weighted by Gasteiger charge is -2.35. The highest BCUT2D eigenvalue weighted by Gasteiger charge is 2.42. The number of hydrogen-bond donors (Lipinski definition) is 1. The van der Waals surface area contributed by atoms with Gasteiger partial charge in [0.05, 0.1) is 16.8 Å².